The molecule has 0 aliphatic heterocycles. The van der Waals surface area contributed by atoms with Crippen LogP contribution in [0.15, 0.2) is 30.3 Å². The fraction of sp³-hybridized carbons (Fsp3) is 0. The van der Waals surface area contributed by atoms with Crippen LogP contribution >= 0.6 is 7.60 Å². The molecule has 0 heterocycles. The molecular weight excluding hydrogens is 231 g/mol. The van der Waals surface area contributed by atoms with E-state index in [1.54, 1.807) is 6.07 Å². The van der Waals surface area contributed by atoms with E-state index in [1.807, 2.05) is 0 Å². The lowest BCUT2D eigenvalue weighted by molar-refractivity contribution is 0.346. The second-order valence-electron chi connectivity index (χ2n) is 2.36. The van der Waals surface area contributed by atoms with Gasteiger partial charge in [-0.3, -0.25) is 9.12 Å². The fourth-order valence-electron chi connectivity index (χ4n) is 0.787. The standard InChI is InChI=1S/C6H7O6PS/c7-13(8,12-14(9,10)11)6-4-2-1-3-5-6/h1-5H,(H,7,8)(H,9,10,11). The first kappa shape index (κ1) is 11.4. The van der Waals surface area contributed by atoms with Crippen LogP contribution in [0, 0.1) is 0 Å². The number of rotatable bonds is 3. The molecule has 8 heteroatoms. The average Bonchev–Trinajstić information content (AvgIpc) is 2.01. The van der Waals surface area contributed by atoms with Crippen LogP contribution in [-0.2, 0) is 18.9 Å². The predicted octanol–water partition coefficient (Wildman–Crippen LogP) is 0.317. The quantitative estimate of drug-likeness (QED) is 0.580. The van der Waals surface area contributed by atoms with Gasteiger partial charge < -0.3 is 4.89 Å². The summed E-state index contributed by atoms with van der Waals surface area (Å²) in [4.78, 5) is 9.12. The van der Waals surface area contributed by atoms with Gasteiger partial charge in [-0.05, 0) is 12.1 Å². The lowest BCUT2D eigenvalue weighted by Crippen LogP contribution is -2.10. The Morgan fingerprint density at radius 2 is 1.71 bits per heavy atom. The summed E-state index contributed by atoms with van der Waals surface area (Å²) in [6.45, 7) is 0. The summed E-state index contributed by atoms with van der Waals surface area (Å²) in [5.74, 6) is 0. The minimum absolute atomic E-state index is 0.211. The molecule has 0 amide bonds. The van der Waals surface area contributed by atoms with Crippen molar-refractivity contribution in [2.45, 2.75) is 0 Å². The lowest BCUT2D eigenvalue weighted by atomic mass is 10.4. The summed E-state index contributed by atoms with van der Waals surface area (Å²) in [6, 6.07) is 6.88. The van der Waals surface area contributed by atoms with Crippen molar-refractivity contribution in [2.75, 3.05) is 0 Å². The van der Waals surface area contributed by atoms with Crippen molar-refractivity contribution < 1.29 is 26.4 Å². The Kier molecular flexibility index (Phi) is 3.08. The zero-order chi connectivity index (χ0) is 10.8. The highest BCUT2D eigenvalue weighted by Crippen LogP contribution is 2.41. The van der Waals surface area contributed by atoms with Crippen LogP contribution in [0.2, 0.25) is 0 Å². The van der Waals surface area contributed by atoms with Gasteiger partial charge in [0.15, 0.2) is 0 Å². The molecule has 2 N–H and O–H groups in total. The molecule has 0 aromatic heterocycles. The molecule has 6 nitrogen and oxygen atoms in total. The summed E-state index contributed by atoms with van der Waals surface area (Å²) in [6.07, 6.45) is 0. The molecular formula is C6H7O6PS. The van der Waals surface area contributed by atoms with Crippen molar-refractivity contribution in [3.05, 3.63) is 30.3 Å². The average molecular weight is 238 g/mol. The topological polar surface area (TPSA) is 101 Å². The second-order valence-corrected chi connectivity index (χ2v) is 5.37. The van der Waals surface area contributed by atoms with Crippen molar-refractivity contribution in [1.82, 2.24) is 0 Å². The molecule has 1 unspecified atom stereocenters. The van der Waals surface area contributed by atoms with E-state index in [0.717, 1.165) is 0 Å². The molecule has 14 heavy (non-hydrogen) atoms. The summed E-state index contributed by atoms with van der Waals surface area (Å²) in [7, 11) is -9.45. The Morgan fingerprint density at radius 1 is 1.21 bits per heavy atom. The Morgan fingerprint density at radius 3 is 2.14 bits per heavy atom. The molecule has 1 aromatic carbocycles. The normalized spacial score (nSPS) is 16.1. The van der Waals surface area contributed by atoms with Gasteiger partial charge in [-0.2, -0.15) is 12.4 Å². The number of hydrogen-bond donors (Lipinski definition) is 2. The maximum Gasteiger partial charge on any atom is 0.405 e. The minimum Gasteiger partial charge on any atom is -0.320 e. The highest BCUT2D eigenvalue weighted by Gasteiger charge is 2.28. The molecule has 0 spiro atoms. The maximum atomic E-state index is 11.2. The van der Waals surface area contributed by atoms with Crippen LogP contribution in [0.1, 0.15) is 0 Å². The minimum atomic E-state index is -4.94. The molecule has 0 saturated carbocycles. The number of benzene rings is 1. The third-order valence-electron chi connectivity index (χ3n) is 1.28. The van der Waals surface area contributed by atoms with E-state index in [4.69, 9.17) is 9.45 Å². The van der Waals surface area contributed by atoms with E-state index < -0.39 is 18.0 Å². The first-order valence-electron chi connectivity index (χ1n) is 3.38. The highest BCUT2D eigenvalue weighted by atomic mass is 32.3. The molecule has 0 bridgehead atoms. The van der Waals surface area contributed by atoms with Crippen molar-refractivity contribution >= 4 is 23.3 Å². The maximum absolute atomic E-state index is 11.2. The van der Waals surface area contributed by atoms with E-state index >= 15 is 0 Å². The van der Waals surface area contributed by atoms with Crippen LogP contribution in [0.25, 0.3) is 0 Å². The van der Waals surface area contributed by atoms with Crippen LogP contribution < -0.4 is 5.30 Å². The fourth-order valence-corrected chi connectivity index (χ4v) is 2.70. The Hall–Kier alpha value is -0.720. The Balaban J connectivity index is 3.04. The molecule has 1 rings (SSSR count). The van der Waals surface area contributed by atoms with Crippen LogP contribution in [0.5, 0.6) is 0 Å². The van der Waals surface area contributed by atoms with Crippen LogP contribution in [0.3, 0.4) is 0 Å². The van der Waals surface area contributed by atoms with Crippen LogP contribution in [0.4, 0.5) is 0 Å². The summed E-state index contributed by atoms with van der Waals surface area (Å²) in [5, 5.41) is -0.211. The SMILES string of the molecule is O=P(O)(OS(=O)(=O)O)c1ccccc1. The predicted molar refractivity (Wildman–Crippen MR) is 48.5 cm³/mol. The molecule has 1 atom stereocenters. The van der Waals surface area contributed by atoms with Gasteiger partial charge >= 0.3 is 18.0 Å². The van der Waals surface area contributed by atoms with Gasteiger partial charge in [-0.25, -0.2) is 0 Å². The third-order valence-corrected chi connectivity index (χ3v) is 3.79. The van der Waals surface area contributed by atoms with E-state index in [2.05, 4.69) is 3.97 Å². The zero-order valence-electron chi connectivity index (χ0n) is 6.77. The van der Waals surface area contributed by atoms with E-state index in [-0.39, 0.29) is 5.30 Å². The van der Waals surface area contributed by atoms with Gasteiger partial charge in [-0.15, -0.1) is 0 Å². The Labute approximate surface area is 80.6 Å². The van der Waals surface area contributed by atoms with Gasteiger partial charge in [0.25, 0.3) is 0 Å². The molecule has 0 fully saturated rings. The van der Waals surface area contributed by atoms with Crippen molar-refractivity contribution in [1.29, 1.82) is 0 Å². The molecule has 0 saturated heterocycles. The molecule has 78 valence electrons. The largest absolute Gasteiger partial charge is 0.405 e. The van der Waals surface area contributed by atoms with Gasteiger partial charge in [0.05, 0.1) is 5.30 Å². The van der Waals surface area contributed by atoms with Gasteiger partial charge in [0.2, 0.25) is 0 Å². The Bertz CT molecular complexity index is 452. The summed E-state index contributed by atoms with van der Waals surface area (Å²) in [5.41, 5.74) is 0. The van der Waals surface area contributed by atoms with Crippen LogP contribution in [-0.4, -0.2) is 17.9 Å². The van der Waals surface area contributed by atoms with Gasteiger partial charge in [0, 0.05) is 0 Å². The first-order valence-corrected chi connectivity index (χ1v) is 6.32. The highest BCUT2D eigenvalue weighted by molar-refractivity contribution is 7.87. The lowest BCUT2D eigenvalue weighted by Gasteiger charge is -2.08. The second kappa shape index (κ2) is 3.80. The monoisotopic (exact) mass is 238 g/mol. The van der Waals surface area contributed by atoms with Crippen molar-refractivity contribution in [2.24, 2.45) is 0 Å². The molecule has 0 radical (unpaired) electrons. The molecule has 1 aromatic rings. The van der Waals surface area contributed by atoms with E-state index in [1.165, 1.54) is 24.3 Å². The molecule has 0 aliphatic rings. The zero-order valence-corrected chi connectivity index (χ0v) is 8.48. The summed E-state index contributed by atoms with van der Waals surface area (Å²) < 4.78 is 43.6. The smallest absolute Gasteiger partial charge is 0.320 e. The van der Waals surface area contributed by atoms with E-state index in [9.17, 15) is 13.0 Å². The molecule has 0 aliphatic carbocycles. The third kappa shape index (κ3) is 3.21. The van der Waals surface area contributed by atoms with Crippen molar-refractivity contribution in [3.8, 4) is 0 Å². The van der Waals surface area contributed by atoms with Gasteiger partial charge in [0.1, 0.15) is 0 Å². The number of hydrogen-bond acceptors (Lipinski definition) is 4. The summed E-state index contributed by atoms with van der Waals surface area (Å²) >= 11 is 0. The van der Waals surface area contributed by atoms with Gasteiger partial charge in [-0.1, -0.05) is 18.2 Å². The van der Waals surface area contributed by atoms with E-state index in [0.29, 0.717) is 0 Å². The van der Waals surface area contributed by atoms with Crippen molar-refractivity contribution in [3.63, 3.8) is 0 Å². The first-order chi connectivity index (χ1) is 6.31.